The van der Waals surface area contributed by atoms with Crippen LogP contribution in [0, 0.1) is 0 Å². The SMILES string of the molecule is CN1C(=O)c2ccccc2C1C(=O)NCc1cccc(C(F)(F)F)c1Cl. The van der Waals surface area contributed by atoms with Crippen LogP contribution < -0.4 is 5.32 Å². The van der Waals surface area contributed by atoms with Crippen molar-refractivity contribution in [1.29, 1.82) is 0 Å². The Bertz CT molecular complexity index is 883. The molecule has 1 aliphatic rings. The zero-order chi connectivity index (χ0) is 19.1. The molecule has 0 saturated carbocycles. The van der Waals surface area contributed by atoms with E-state index in [-0.39, 0.29) is 18.0 Å². The zero-order valence-electron chi connectivity index (χ0n) is 13.6. The molecule has 0 spiro atoms. The van der Waals surface area contributed by atoms with Crippen LogP contribution in [-0.4, -0.2) is 23.8 Å². The first-order valence-electron chi connectivity index (χ1n) is 7.70. The summed E-state index contributed by atoms with van der Waals surface area (Å²) in [6.45, 7) is -0.178. The van der Waals surface area contributed by atoms with Crippen LogP contribution in [0.2, 0.25) is 5.02 Å². The number of fused-ring (bicyclic) bond motifs is 1. The molecule has 2 aromatic carbocycles. The van der Waals surface area contributed by atoms with Crippen LogP contribution >= 0.6 is 11.6 Å². The van der Waals surface area contributed by atoms with Crippen molar-refractivity contribution < 1.29 is 22.8 Å². The van der Waals surface area contributed by atoms with Gasteiger partial charge in [-0.2, -0.15) is 13.2 Å². The number of amides is 2. The van der Waals surface area contributed by atoms with Crippen molar-refractivity contribution in [3.05, 3.63) is 69.7 Å². The molecule has 4 nitrogen and oxygen atoms in total. The highest BCUT2D eigenvalue weighted by atomic mass is 35.5. The Hall–Kier alpha value is -2.54. The zero-order valence-corrected chi connectivity index (χ0v) is 14.4. The molecule has 136 valence electrons. The summed E-state index contributed by atoms with van der Waals surface area (Å²) < 4.78 is 38.8. The van der Waals surface area contributed by atoms with Crippen LogP contribution in [0.5, 0.6) is 0 Å². The molecular formula is C18H14ClF3N2O2. The third-order valence-electron chi connectivity index (χ3n) is 4.28. The minimum absolute atomic E-state index is 0.148. The van der Waals surface area contributed by atoms with Crippen LogP contribution in [0.1, 0.15) is 33.1 Å². The molecule has 0 fully saturated rings. The van der Waals surface area contributed by atoms with Crippen molar-refractivity contribution in [2.24, 2.45) is 0 Å². The molecular weight excluding hydrogens is 369 g/mol. The van der Waals surface area contributed by atoms with Crippen LogP contribution in [0.15, 0.2) is 42.5 Å². The van der Waals surface area contributed by atoms with E-state index in [1.807, 2.05) is 0 Å². The molecule has 0 aromatic heterocycles. The molecule has 3 rings (SSSR count). The number of alkyl halides is 3. The fourth-order valence-electron chi connectivity index (χ4n) is 2.98. The van der Waals surface area contributed by atoms with Gasteiger partial charge < -0.3 is 10.2 Å². The third kappa shape index (κ3) is 3.14. The molecule has 2 amide bonds. The normalized spacial score (nSPS) is 16.6. The average molecular weight is 383 g/mol. The summed E-state index contributed by atoms with van der Waals surface area (Å²) in [6, 6.07) is 9.42. The average Bonchev–Trinajstić information content (AvgIpc) is 2.84. The van der Waals surface area contributed by atoms with Gasteiger partial charge in [0, 0.05) is 19.2 Å². The summed E-state index contributed by atoms with van der Waals surface area (Å²) in [4.78, 5) is 26.1. The molecule has 1 N–H and O–H groups in total. The fourth-order valence-corrected chi connectivity index (χ4v) is 3.28. The van der Waals surface area contributed by atoms with Gasteiger partial charge in [-0.3, -0.25) is 9.59 Å². The van der Waals surface area contributed by atoms with Gasteiger partial charge in [-0.05, 0) is 23.3 Å². The predicted octanol–water partition coefficient (Wildman–Crippen LogP) is 3.80. The Balaban J connectivity index is 1.80. The summed E-state index contributed by atoms with van der Waals surface area (Å²) >= 11 is 5.83. The van der Waals surface area contributed by atoms with Gasteiger partial charge in [0.25, 0.3) is 5.91 Å². The van der Waals surface area contributed by atoms with E-state index in [1.165, 1.54) is 24.1 Å². The maximum Gasteiger partial charge on any atom is 0.417 e. The van der Waals surface area contributed by atoms with Crippen molar-refractivity contribution in [3.63, 3.8) is 0 Å². The highest BCUT2D eigenvalue weighted by Crippen LogP contribution is 2.36. The number of benzene rings is 2. The van der Waals surface area contributed by atoms with Crippen molar-refractivity contribution in [2.75, 3.05) is 7.05 Å². The largest absolute Gasteiger partial charge is 0.417 e. The summed E-state index contributed by atoms with van der Waals surface area (Å²) in [5, 5.41) is 2.12. The highest BCUT2D eigenvalue weighted by Gasteiger charge is 2.38. The minimum atomic E-state index is -4.58. The van der Waals surface area contributed by atoms with E-state index in [1.54, 1.807) is 24.3 Å². The lowest BCUT2D eigenvalue weighted by Crippen LogP contribution is -2.36. The van der Waals surface area contributed by atoms with Gasteiger partial charge in [-0.1, -0.05) is 41.9 Å². The van der Waals surface area contributed by atoms with Crippen LogP contribution in [0.25, 0.3) is 0 Å². The number of rotatable bonds is 3. The predicted molar refractivity (Wildman–Crippen MR) is 89.6 cm³/mol. The smallest absolute Gasteiger partial charge is 0.350 e. The van der Waals surface area contributed by atoms with Crippen LogP contribution in [0.4, 0.5) is 13.2 Å². The lowest BCUT2D eigenvalue weighted by molar-refractivity contribution is -0.137. The number of likely N-dealkylation sites (N-methyl/N-ethyl adjacent to an activating group) is 1. The molecule has 26 heavy (non-hydrogen) atoms. The van der Waals surface area contributed by atoms with Gasteiger partial charge >= 0.3 is 6.18 Å². The molecule has 2 aromatic rings. The van der Waals surface area contributed by atoms with Gasteiger partial charge in [0.2, 0.25) is 5.91 Å². The molecule has 0 aliphatic carbocycles. The van der Waals surface area contributed by atoms with Gasteiger partial charge in [0.15, 0.2) is 0 Å². The second-order valence-corrected chi connectivity index (χ2v) is 6.28. The monoisotopic (exact) mass is 382 g/mol. The molecule has 0 bridgehead atoms. The van der Waals surface area contributed by atoms with Crippen LogP contribution in [-0.2, 0) is 17.5 Å². The first-order valence-corrected chi connectivity index (χ1v) is 8.08. The van der Waals surface area contributed by atoms with E-state index in [4.69, 9.17) is 11.6 Å². The molecule has 0 radical (unpaired) electrons. The summed E-state index contributed by atoms with van der Waals surface area (Å²) in [6.07, 6.45) is -4.58. The molecule has 1 aliphatic heterocycles. The number of carbonyl (C=O) groups is 2. The van der Waals surface area contributed by atoms with E-state index in [0.29, 0.717) is 11.1 Å². The first-order chi connectivity index (χ1) is 12.2. The van der Waals surface area contributed by atoms with Crippen molar-refractivity contribution in [2.45, 2.75) is 18.8 Å². The van der Waals surface area contributed by atoms with Gasteiger partial charge in [-0.15, -0.1) is 0 Å². The maximum absolute atomic E-state index is 12.9. The van der Waals surface area contributed by atoms with E-state index in [2.05, 4.69) is 5.32 Å². The van der Waals surface area contributed by atoms with Crippen molar-refractivity contribution >= 4 is 23.4 Å². The number of nitrogens with one attached hydrogen (secondary N) is 1. The topological polar surface area (TPSA) is 49.4 Å². The summed E-state index contributed by atoms with van der Waals surface area (Å²) in [7, 11) is 1.50. The molecule has 1 unspecified atom stereocenters. The summed E-state index contributed by atoms with van der Waals surface area (Å²) in [5.74, 6) is -0.767. The lowest BCUT2D eigenvalue weighted by atomic mass is 10.0. The quantitative estimate of drug-likeness (QED) is 0.877. The minimum Gasteiger partial charge on any atom is -0.350 e. The Morgan fingerprint density at radius 3 is 2.58 bits per heavy atom. The maximum atomic E-state index is 12.9. The molecule has 1 heterocycles. The van der Waals surface area contributed by atoms with E-state index >= 15 is 0 Å². The Kier molecular flexibility index (Phi) is 4.66. The van der Waals surface area contributed by atoms with Gasteiger partial charge in [0.1, 0.15) is 6.04 Å². The Morgan fingerprint density at radius 1 is 1.19 bits per heavy atom. The van der Waals surface area contributed by atoms with Crippen LogP contribution in [0.3, 0.4) is 0 Å². The Morgan fingerprint density at radius 2 is 1.88 bits per heavy atom. The fraction of sp³-hybridized carbons (Fsp3) is 0.222. The van der Waals surface area contributed by atoms with E-state index in [0.717, 1.165) is 6.07 Å². The molecule has 8 heteroatoms. The standard InChI is InChI=1S/C18H14ClF3N2O2/c1-24-15(11-6-2-3-7-12(11)17(24)26)16(25)23-9-10-5-4-8-13(14(10)19)18(20,21)22/h2-8,15H,9H2,1H3,(H,23,25). The number of halogens is 4. The lowest BCUT2D eigenvalue weighted by Gasteiger charge is -2.20. The second-order valence-electron chi connectivity index (χ2n) is 5.90. The first kappa shape index (κ1) is 18.3. The number of hydrogen-bond acceptors (Lipinski definition) is 2. The molecule has 1 atom stereocenters. The Labute approximate surface area is 152 Å². The second kappa shape index (κ2) is 6.64. The van der Waals surface area contributed by atoms with Crippen molar-refractivity contribution in [3.8, 4) is 0 Å². The summed E-state index contributed by atoms with van der Waals surface area (Å²) in [5.41, 5.74) is 0.194. The van der Waals surface area contributed by atoms with E-state index < -0.39 is 28.7 Å². The van der Waals surface area contributed by atoms with Crippen molar-refractivity contribution in [1.82, 2.24) is 10.2 Å². The van der Waals surface area contributed by atoms with Gasteiger partial charge in [0.05, 0.1) is 10.6 Å². The number of hydrogen-bond donors (Lipinski definition) is 1. The highest BCUT2D eigenvalue weighted by molar-refractivity contribution is 6.32. The third-order valence-corrected chi connectivity index (χ3v) is 4.73. The number of nitrogens with zero attached hydrogens (tertiary/aromatic N) is 1. The van der Waals surface area contributed by atoms with Gasteiger partial charge in [-0.25, -0.2) is 0 Å². The molecule has 0 saturated heterocycles. The number of carbonyl (C=O) groups excluding carboxylic acids is 2. The van der Waals surface area contributed by atoms with E-state index in [9.17, 15) is 22.8 Å².